The number of ether oxygens (including phenoxy) is 1. The van der Waals surface area contributed by atoms with Crippen LogP contribution in [0.1, 0.15) is 5.56 Å². The zero-order chi connectivity index (χ0) is 13.1. The van der Waals surface area contributed by atoms with Crippen LogP contribution >= 0.6 is 31.9 Å². The highest BCUT2D eigenvalue weighted by Crippen LogP contribution is 2.26. The minimum absolute atomic E-state index is 0.313. The molecule has 0 saturated heterocycles. The number of hydrogen-bond donors (Lipinski definition) is 1. The van der Waals surface area contributed by atoms with Gasteiger partial charge in [0.15, 0.2) is 0 Å². The molecule has 0 spiro atoms. The highest BCUT2D eigenvalue weighted by molar-refractivity contribution is 9.11. The van der Waals surface area contributed by atoms with Crippen molar-refractivity contribution in [2.24, 2.45) is 0 Å². The van der Waals surface area contributed by atoms with Gasteiger partial charge in [-0.1, -0.05) is 12.1 Å². The van der Waals surface area contributed by atoms with Crippen molar-refractivity contribution in [2.75, 3.05) is 5.73 Å². The maximum absolute atomic E-state index is 13.1. The van der Waals surface area contributed by atoms with Gasteiger partial charge in [0.2, 0.25) is 0 Å². The summed E-state index contributed by atoms with van der Waals surface area (Å²) in [6.45, 7) is 0.365. The van der Waals surface area contributed by atoms with Crippen LogP contribution in [0.25, 0.3) is 0 Å². The summed E-state index contributed by atoms with van der Waals surface area (Å²) < 4.78 is 19.8. The van der Waals surface area contributed by atoms with Crippen molar-refractivity contribution >= 4 is 37.5 Å². The van der Waals surface area contributed by atoms with Crippen LogP contribution in [0.15, 0.2) is 45.3 Å². The molecular formula is C13H10Br2FNO. The van der Waals surface area contributed by atoms with Crippen molar-refractivity contribution < 1.29 is 9.13 Å². The van der Waals surface area contributed by atoms with Gasteiger partial charge in [0.25, 0.3) is 0 Å². The predicted molar refractivity (Wildman–Crippen MR) is 77.0 cm³/mol. The second kappa shape index (κ2) is 5.71. The smallest absolute Gasteiger partial charge is 0.137 e. The van der Waals surface area contributed by atoms with Crippen molar-refractivity contribution in [3.63, 3.8) is 0 Å². The zero-order valence-electron chi connectivity index (χ0n) is 9.29. The molecule has 0 amide bonds. The maximum atomic E-state index is 13.1. The topological polar surface area (TPSA) is 35.2 Å². The Bertz CT molecular complexity index is 575. The highest BCUT2D eigenvalue weighted by Gasteiger charge is 2.05. The summed E-state index contributed by atoms with van der Waals surface area (Å²) >= 11 is 6.52. The van der Waals surface area contributed by atoms with Crippen LogP contribution in [0, 0.1) is 5.82 Å². The Hall–Kier alpha value is -1.07. The molecule has 18 heavy (non-hydrogen) atoms. The molecule has 0 fully saturated rings. The first-order chi connectivity index (χ1) is 8.58. The Morgan fingerprint density at radius 2 is 1.94 bits per heavy atom. The predicted octanol–water partition coefficient (Wildman–Crippen LogP) is 4.51. The number of benzene rings is 2. The molecule has 2 nitrogen and oxygen atoms in total. The fraction of sp³-hybridized carbons (Fsp3) is 0.0769. The van der Waals surface area contributed by atoms with E-state index in [1.807, 2.05) is 18.2 Å². The van der Waals surface area contributed by atoms with Gasteiger partial charge in [-0.3, -0.25) is 0 Å². The van der Waals surface area contributed by atoms with Crippen molar-refractivity contribution in [2.45, 2.75) is 6.61 Å². The third-order valence-electron chi connectivity index (χ3n) is 2.39. The summed E-state index contributed by atoms with van der Waals surface area (Å²) in [7, 11) is 0. The molecule has 0 heterocycles. The number of hydrogen-bond acceptors (Lipinski definition) is 2. The van der Waals surface area contributed by atoms with Crippen LogP contribution in [-0.4, -0.2) is 0 Å². The van der Waals surface area contributed by atoms with E-state index < -0.39 is 0 Å². The minimum atomic E-state index is -0.313. The highest BCUT2D eigenvalue weighted by atomic mass is 79.9. The number of halogens is 3. The molecule has 0 aliphatic heterocycles. The molecule has 2 N–H and O–H groups in total. The molecular weight excluding hydrogens is 365 g/mol. The normalized spacial score (nSPS) is 10.4. The molecule has 0 unspecified atom stereocenters. The Kier molecular flexibility index (Phi) is 4.24. The molecule has 5 heteroatoms. The van der Waals surface area contributed by atoms with Gasteiger partial charge >= 0.3 is 0 Å². The van der Waals surface area contributed by atoms with E-state index in [4.69, 9.17) is 10.5 Å². The van der Waals surface area contributed by atoms with E-state index in [0.717, 1.165) is 10.0 Å². The van der Waals surface area contributed by atoms with Crippen LogP contribution in [0.4, 0.5) is 10.1 Å². The second-order valence-electron chi connectivity index (χ2n) is 3.68. The number of nitrogens with two attached hydrogens (primary N) is 1. The summed E-state index contributed by atoms with van der Waals surface area (Å²) in [6.07, 6.45) is 0. The van der Waals surface area contributed by atoms with Gasteiger partial charge in [-0.2, -0.15) is 0 Å². The standard InChI is InChI=1S/C13H10Br2FNO/c14-10-6-9(4-5-11(10)16)18-7-8-2-1-3-12(17)13(8)15/h1-6H,7,17H2. The van der Waals surface area contributed by atoms with Crippen LogP contribution in [0.5, 0.6) is 5.75 Å². The third kappa shape index (κ3) is 3.03. The van der Waals surface area contributed by atoms with Gasteiger partial charge in [-0.25, -0.2) is 4.39 Å². The lowest BCUT2D eigenvalue weighted by Gasteiger charge is -2.09. The summed E-state index contributed by atoms with van der Waals surface area (Å²) in [5.74, 6) is 0.282. The first kappa shape index (κ1) is 13.4. The molecule has 0 aliphatic carbocycles. The largest absolute Gasteiger partial charge is 0.489 e. The average molecular weight is 375 g/mol. The molecule has 0 aromatic heterocycles. The molecule has 0 bridgehead atoms. The minimum Gasteiger partial charge on any atom is -0.489 e. The number of nitrogen functional groups attached to an aromatic ring is 1. The molecule has 94 valence electrons. The SMILES string of the molecule is Nc1cccc(COc2ccc(F)c(Br)c2)c1Br. The third-order valence-corrected chi connectivity index (χ3v) is 3.97. The second-order valence-corrected chi connectivity index (χ2v) is 5.33. The lowest BCUT2D eigenvalue weighted by molar-refractivity contribution is 0.305. The van der Waals surface area contributed by atoms with Gasteiger partial charge in [0.05, 0.1) is 4.47 Å². The molecule has 2 aromatic carbocycles. The van der Waals surface area contributed by atoms with E-state index in [9.17, 15) is 4.39 Å². The van der Waals surface area contributed by atoms with Gasteiger partial charge < -0.3 is 10.5 Å². The van der Waals surface area contributed by atoms with E-state index in [-0.39, 0.29) is 5.82 Å². The zero-order valence-corrected chi connectivity index (χ0v) is 12.5. The van der Waals surface area contributed by atoms with Crippen molar-refractivity contribution in [3.05, 3.63) is 56.7 Å². The van der Waals surface area contributed by atoms with Gasteiger partial charge in [0.1, 0.15) is 18.2 Å². The first-order valence-corrected chi connectivity index (χ1v) is 6.77. The fourth-order valence-corrected chi connectivity index (χ4v) is 2.18. The Morgan fingerprint density at radius 1 is 1.17 bits per heavy atom. The fourth-order valence-electron chi connectivity index (χ4n) is 1.44. The molecule has 0 saturated carbocycles. The molecule has 0 radical (unpaired) electrons. The molecule has 0 aliphatic rings. The maximum Gasteiger partial charge on any atom is 0.137 e. The van der Waals surface area contributed by atoms with E-state index in [2.05, 4.69) is 31.9 Å². The molecule has 0 atom stereocenters. The monoisotopic (exact) mass is 373 g/mol. The van der Waals surface area contributed by atoms with Crippen LogP contribution in [0.3, 0.4) is 0 Å². The first-order valence-electron chi connectivity index (χ1n) is 5.18. The van der Waals surface area contributed by atoms with E-state index in [0.29, 0.717) is 22.5 Å². The van der Waals surface area contributed by atoms with E-state index >= 15 is 0 Å². The summed E-state index contributed by atoms with van der Waals surface area (Å²) in [4.78, 5) is 0. The van der Waals surface area contributed by atoms with Crippen molar-refractivity contribution in [1.29, 1.82) is 0 Å². The number of rotatable bonds is 3. The molecule has 2 aromatic rings. The lowest BCUT2D eigenvalue weighted by atomic mass is 10.2. The Labute approximate surface area is 121 Å². The van der Waals surface area contributed by atoms with Gasteiger partial charge in [-0.15, -0.1) is 0 Å². The summed E-state index contributed by atoms with van der Waals surface area (Å²) in [6, 6.07) is 10.1. The Morgan fingerprint density at radius 3 is 2.67 bits per heavy atom. The van der Waals surface area contributed by atoms with Crippen molar-refractivity contribution in [1.82, 2.24) is 0 Å². The van der Waals surface area contributed by atoms with Gasteiger partial charge in [-0.05, 0) is 56.1 Å². The van der Waals surface area contributed by atoms with E-state index in [1.54, 1.807) is 12.1 Å². The number of anilines is 1. The Balaban J connectivity index is 2.11. The van der Waals surface area contributed by atoms with Gasteiger partial charge in [0, 0.05) is 15.7 Å². The summed E-state index contributed by atoms with van der Waals surface area (Å²) in [5, 5.41) is 0. The van der Waals surface area contributed by atoms with Crippen molar-refractivity contribution in [3.8, 4) is 5.75 Å². The average Bonchev–Trinajstić information content (AvgIpc) is 2.35. The van der Waals surface area contributed by atoms with Crippen LogP contribution in [-0.2, 0) is 6.61 Å². The van der Waals surface area contributed by atoms with Crippen LogP contribution in [0.2, 0.25) is 0 Å². The lowest BCUT2D eigenvalue weighted by Crippen LogP contribution is -1.98. The molecule has 2 rings (SSSR count). The summed E-state index contributed by atoms with van der Waals surface area (Å²) in [5.41, 5.74) is 7.38. The van der Waals surface area contributed by atoms with E-state index in [1.165, 1.54) is 6.07 Å². The quantitative estimate of drug-likeness (QED) is 0.802. The van der Waals surface area contributed by atoms with Crippen LogP contribution < -0.4 is 10.5 Å².